The smallest absolute Gasteiger partial charge is 0.340 e. The van der Waals surface area contributed by atoms with Gasteiger partial charge in [-0.05, 0) is 29.8 Å². The molecule has 0 amide bonds. The number of methoxy groups -OCH3 is 2. The summed E-state index contributed by atoms with van der Waals surface area (Å²) in [7, 11) is 2.78. The number of aromatic hydroxyl groups is 1. The van der Waals surface area contributed by atoms with Crippen LogP contribution < -0.4 is 4.74 Å². The van der Waals surface area contributed by atoms with E-state index in [9.17, 15) is 14.3 Å². The van der Waals surface area contributed by atoms with Gasteiger partial charge in [0, 0.05) is 17.0 Å². The second kappa shape index (κ2) is 6.23. The van der Waals surface area contributed by atoms with Gasteiger partial charge in [-0.15, -0.1) is 0 Å². The lowest BCUT2D eigenvalue weighted by Gasteiger charge is -2.06. The van der Waals surface area contributed by atoms with Crippen LogP contribution in [0.4, 0.5) is 4.39 Å². The van der Waals surface area contributed by atoms with E-state index < -0.39 is 11.8 Å². The number of fused-ring (bicyclic) bond motifs is 1. The Bertz CT molecular complexity index is 900. The molecule has 2 aromatic carbocycles. The van der Waals surface area contributed by atoms with E-state index in [1.165, 1.54) is 13.2 Å². The van der Waals surface area contributed by atoms with E-state index in [0.29, 0.717) is 17.3 Å². The Morgan fingerprint density at radius 2 is 1.92 bits per heavy atom. The van der Waals surface area contributed by atoms with Gasteiger partial charge < -0.3 is 19.1 Å². The van der Waals surface area contributed by atoms with Gasteiger partial charge in [0.2, 0.25) is 0 Å². The third kappa shape index (κ3) is 2.78. The molecule has 3 rings (SSSR count). The number of hydrogen-bond acceptors (Lipinski definition) is 4. The molecule has 3 aromatic rings. The van der Waals surface area contributed by atoms with E-state index in [4.69, 9.17) is 4.74 Å². The maximum absolute atomic E-state index is 14.0. The zero-order valence-electron chi connectivity index (χ0n) is 13.2. The first-order valence-electron chi connectivity index (χ1n) is 7.26. The Kier molecular flexibility index (Phi) is 4.12. The highest BCUT2D eigenvalue weighted by Crippen LogP contribution is 2.30. The molecular weight excluding hydrogens is 313 g/mol. The Morgan fingerprint density at radius 3 is 2.54 bits per heavy atom. The fourth-order valence-corrected chi connectivity index (χ4v) is 2.59. The molecule has 0 fully saturated rings. The van der Waals surface area contributed by atoms with Crippen molar-refractivity contribution in [3.63, 3.8) is 0 Å². The largest absolute Gasteiger partial charge is 0.497 e. The van der Waals surface area contributed by atoms with Crippen molar-refractivity contribution in [2.75, 3.05) is 14.2 Å². The van der Waals surface area contributed by atoms with Gasteiger partial charge in [-0.25, -0.2) is 9.18 Å². The molecule has 1 heterocycles. The van der Waals surface area contributed by atoms with Crippen molar-refractivity contribution in [2.45, 2.75) is 6.54 Å². The number of carbonyl (C=O) groups excluding carboxylic acids is 1. The molecule has 1 aromatic heterocycles. The second-order valence-corrected chi connectivity index (χ2v) is 5.34. The Hall–Kier alpha value is -3.02. The molecule has 0 aliphatic heterocycles. The summed E-state index contributed by atoms with van der Waals surface area (Å²) >= 11 is 0. The van der Waals surface area contributed by atoms with Crippen LogP contribution in [0.2, 0.25) is 0 Å². The van der Waals surface area contributed by atoms with Gasteiger partial charge in [0.05, 0.1) is 26.3 Å². The molecule has 124 valence electrons. The van der Waals surface area contributed by atoms with Crippen LogP contribution in [-0.4, -0.2) is 29.9 Å². The minimum atomic E-state index is -0.753. The van der Waals surface area contributed by atoms with Gasteiger partial charge in [-0.2, -0.15) is 0 Å². The van der Waals surface area contributed by atoms with Gasteiger partial charge in [0.15, 0.2) is 5.88 Å². The zero-order valence-corrected chi connectivity index (χ0v) is 13.2. The maximum Gasteiger partial charge on any atom is 0.340 e. The Morgan fingerprint density at radius 1 is 1.21 bits per heavy atom. The zero-order chi connectivity index (χ0) is 17.3. The van der Waals surface area contributed by atoms with Gasteiger partial charge in [0.1, 0.15) is 11.6 Å². The second-order valence-electron chi connectivity index (χ2n) is 5.34. The molecule has 6 heteroatoms. The number of aromatic nitrogens is 1. The minimum absolute atomic E-state index is 0.0591. The lowest BCUT2D eigenvalue weighted by Crippen LogP contribution is -2.03. The number of benzene rings is 2. The number of ether oxygens (including phenoxy) is 2. The predicted molar refractivity (Wildman–Crippen MR) is 87.0 cm³/mol. The fourth-order valence-electron chi connectivity index (χ4n) is 2.59. The first-order chi connectivity index (χ1) is 11.5. The molecule has 0 spiro atoms. The third-order valence-electron chi connectivity index (χ3n) is 3.86. The van der Waals surface area contributed by atoms with Crippen molar-refractivity contribution in [1.29, 1.82) is 0 Å². The van der Waals surface area contributed by atoms with E-state index in [-0.39, 0.29) is 11.4 Å². The number of hydrogen-bond donors (Lipinski definition) is 1. The molecule has 0 saturated heterocycles. The summed E-state index contributed by atoms with van der Waals surface area (Å²) < 4.78 is 25.3. The van der Waals surface area contributed by atoms with Crippen LogP contribution in [0.5, 0.6) is 11.6 Å². The summed E-state index contributed by atoms with van der Waals surface area (Å²) in [5, 5.41) is 11.2. The summed E-state index contributed by atoms with van der Waals surface area (Å²) in [5.74, 6) is -0.801. The number of carbonyl (C=O) groups is 1. The van der Waals surface area contributed by atoms with Crippen LogP contribution in [-0.2, 0) is 11.3 Å². The SMILES string of the molecule is COC(=O)c1cc2cn(Cc3ccc(OC)cc3)c(O)c2cc1F. The lowest BCUT2D eigenvalue weighted by atomic mass is 10.1. The summed E-state index contributed by atoms with van der Waals surface area (Å²) in [4.78, 5) is 11.6. The molecule has 0 aliphatic rings. The summed E-state index contributed by atoms with van der Waals surface area (Å²) in [5.41, 5.74) is 0.784. The third-order valence-corrected chi connectivity index (χ3v) is 3.86. The highest BCUT2D eigenvalue weighted by atomic mass is 19.1. The van der Waals surface area contributed by atoms with E-state index in [1.54, 1.807) is 17.9 Å². The first-order valence-corrected chi connectivity index (χ1v) is 7.26. The van der Waals surface area contributed by atoms with E-state index in [1.807, 2.05) is 24.3 Å². The number of esters is 1. The van der Waals surface area contributed by atoms with Crippen LogP contribution in [0.1, 0.15) is 15.9 Å². The summed E-state index contributed by atoms with van der Waals surface area (Å²) in [6, 6.07) is 9.92. The van der Waals surface area contributed by atoms with Gasteiger partial charge in [-0.1, -0.05) is 12.1 Å². The molecule has 0 atom stereocenters. The molecule has 24 heavy (non-hydrogen) atoms. The van der Waals surface area contributed by atoms with Crippen molar-refractivity contribution in [3.05, 3.63) is 59.5 Å². The van der Waals surface area contributed by atoms with E-state index in [2.05, 4.69) is 4.74 Å². The highest BCUT2D eigenvalue weighted by Gasteiger charge is 2.17. The predicted octanol–water partition coefficient (Wildman–Crippen LogP) is 3.33. The highest BCUT2D eigenvalue weighted by molar-refractivity contribution is 5.97. The molecule has 0 saturated carbocycles. The van der Waals surface area contributed by atoms with Crippen molar-refractivity contribution in [3.8, 4) is 11.6 Å². The Labute approximate surface area is 137 Å². The summed E-state index contributed by atoms with van der Waals surface area (Å²) in [6.45, 7) is 0.402. The summed E-state index contributed by atoms with van der Waals surface area (Å²) in [6.07, 6.45) is 1.67. The van der Waals surface area contributed by atoms with Crippen molar-refractivity contribution in [1.82, 2.24) is 4.57 Å². The van der Waals surface area contributed by atoms with Gasteiger partial charge >= 0.3 is 5.97 Å². The van der Waals surface area contributed by atoms with Gasteiger partial charge in [0.25, 0.3) is 0 Å². The molecule has 0 radical (unpaired) electrons. The fraction of sp³-hybridized carbons (Fsp3) is 0.167. The minimum Gasteiger partial charge on any atom is -0.497 e. The molecular formula is C18H16FNO4. The molecule has 0 aliphatic carbocycles. The topological polar surface area (TPSA) is 60.7 Å². The first kappa shape index (κ1) is 15.9. The lowest BCUT2D eigenvalue weighted by molar-refractivity contribution is 0.0595. The quantitative estimate of drug-likeness (QED) is 0.746. The van der Waals surface area contributed by atoms with Crippen LogP contribution in [0.3, 0.4) is 0 Å². The molecule has 5 nitrogen and oxygen atoms in total. The number of rotatable bonds is 4. The Balaban J connectivity index is 1.99. The van der Waals surface area contributed by atoms with Crippen molar-refractivity contribution >= 4 is 16.7 Å². The number of halogens is 1. The molecule has 0 bridgehead atoms. The molecule has 0 unspecified atom stereocenters. The van der Waals surface area contributed by atoms with Crippen LogP contribution >= 0.6 is 0 Å². The van der Waals surface area contributed by atoms with Crippen LogP contribution in [0.15, 0.2) is 42.6 Å². The average Bonchev–Trinajstić information content (AvgIpc) is 2.89. The molecule has 1 N–H and O–H groups in total. The normalized spacial score (nSPS) is 10.8. The van der Waals surface area contributed by atoms with Crippen LogP contribution in [0.25, 0.3) is 10.8 Å². The number of nitrogens with zero attached hydrogens (tertiary/aromatic N) is 1. The van der Waals surface area contributed by atoms with E-state index in [0.717, 1.165) is 17.4 Å². The van der Waals surface area contributed by atoms with Crippen molar-refractivity contribution in [2.24, 2.45) is 0 Å². The van der Waals surface area contributed by atoms with Crippen molar-refractivity contribution < 1.29 is 23.8 Å². The van der Waals surface area contributed by atoms with E-state index >= 15 is 0 Å². The van der Waals surface area contributed by atoms with Crippen LogP contribution in [0, 0.1) is 5.82 Å². The maximum atomic E-state index is 14.0. The van der Waals surface area contributed by atoms with Gasteiger partial charge in [-0.3, -0.25) is 0 Å². The standard InChI is InChI=1S/C18H16FNO4/c1-23-13-5-3-11(4-6-13)9-20-10-12-7-15(18(22)24-2)16(19)8-14(12)17(20)21/h3-8,10,21H,9H2,1-2H3. The average molecular weight is 329 g/mol. The monoisotopic (exact) mass is 329 g/mol.